The minimum Gasteiger partial charge on any atom is -0.300 e. The Balaban J connectivity index is 3.78. The van der Waals surface area contributed by atoms with Gasteiger partial charge in [-0.25, -0.2) is 0 Å². The summed E-state index contributed by atoms with van der Waals surface area (Å²) in [6.07, 6.45) is 4.15. The molecule has 0 aromatic carbocycles. The number of ketones is 1. The lowest BCUT2D eigenvalue weighted by molar-refractivity contribution is -0.117. The molecule has 0 atom stereocenters. The summed E-state index contributed by atoms with van der Waals surface area (Å²) in [5, 5.41) is 0. The van der Waals surface area contributed by atoms with E-state index in [0.717, 1.165) is 12.8 Å². The predicted molar refractivity (Wildman–Crippen MR) is 48.6 cm³/mol. The molecule has 0 N–H and O–H groups in total. The van der Waals surface area contributed by atoms with Crippen molar-refractivity contribution in [3.05, 3.63) is 0 Å². The largest absolute Gasteiger partial charge is 0.300 e. The zero-order chi connectivity index (χ0) is 8.91. The average molecular weight is 156 g/mol. The summed E-state index contributed by atoms with van der Waals surface area (Å²) in [4.78, 5) is 10.7. The summed E-state index contributed by atoms with van der Waals surface area (Å²) in [7, 11) is 0. The monoisotopic (exact) mass is 156 g/mol. The van der Waals surface area contributed by atoms with Gasteiger partial charge in [0.15, 0.2) is 0 Å². The highest BCUT2D eigenvalue weighted by molar-refractivity contribution is 5.75. The predicted octanol–water partition coefficient (Wildman–Crippen LogP) is 3.18. The summed E-state index contributed by atoms with van der Waals surface area (Å²) in [6, 6.07) is 0. The Bertz CT molecular complexity index is 123. The van der Waals surface area contributed by atoms with Gasteiger partial charge in [0, 0.05) is 6.42 Å². The van der Waals surface area contributed by atoms with Gasteiger partial charge in [0.2, 0.25) is 0 Å². The van der Waals surface area contributed by atoms with E-state index in [9.17, 15) is 4.79 Å². The van der Waals surface area contributed by atoms with Crippen molar-refractivity contribution in [3.8, 4) is 0 Å². The fourth-order valence-corrected chi connectivity index (χ4v) is 1.08. The Morgan fingerprint density at radius 3 is 2.00 bits per heavy atom. The summed E-state index contributed by atoms with van der Waals surface area (Å²) in [5.74, 6) is 0.318. The highest BCUT2D eigenvalue weighted by Crippen LogP contribution is 2.30. The van der Waals surface area contributed by atoms with Crippen molar-refractivity contribution in [2.24, 2.45) is 5.41 Å². The zero-order valence-corrected chi connectivity index (χ0v) is 8.24. The second-order valence-electron chi connectivity index (χ2n) is 3.72. The molecular weight excluding hydrogens is 136 g/mol. The standard InChI is InChI=1S/C10H20O/c1-5-10(4,6-2)8-7-9(3)11/h5-8H2,1-4H3. The molecule has 0 fully saturated rings. The summed E-state index contributed by atoms with van der Waals surface area (Å²) in [5.41, 5.74) is 0.395. The van der Waals surface area contributed by atoms with Crippen molar-refractivity contribution in [2.75, 3.05) is 0 Å². The SMILES string of the molecule is CCC(C)(CC)CCC(C)=O. The molecule has 66 valence electrons. The molecule has 1 nitrogen and oxygen atoms in total. The van der Waals surface area contributed by atoms with Crippen LogP contribution in [0.1, 0.15) is 53.4 Å². The van der Waals surface area contributed by atoms with Crippen LogP contribution in [0.15, 0.2) is 0 Å². The molecule has 0 aromatic heterocycles. The van der Waals surface area contributed by atoms with E-state index in [1.165, 1.54) is 12.8 Å². The van der Waals surface area contributed by atoms with Crippen LogP contribution in [0.25, 0.3) is 0 Å². The molecule has 0 spiro atoms. The molecule has 0 heterocycles. The summed E-state index contributed by atoms with van der Waals surface area (Å²) >= 11 is 0. The normalized spacial score (nSPS) is 11.6. The van der Waals surface area contributed by atoms with E-state index in [2.05, 4.69) is 20.8 Å². The second kappa shape index (κ2) is 4.53. The van der Waals surface area contributed by atoms with Gasteiger partial charge in [-0.3, -0.25) is 0 Å². The summed E-state index contributed by atoms with van der Waals surface area (Å²) < 4.78 is 0. The number of hydrogen-bond acceptors (Lipinski definition) is 1. The third kappa shape index (κ3) is 4.18. The molecule has 0 bridgehead atoms. The minimum absolute atomic E-state index is 0.318. The Labute approximate surface area is 70.2 Å². The van der Waals surface area contributed by atoms with Gasteiger partial charge in [-0.1, -0.05) is 33.6 Å². The molecule has 0 aliphatic heterocycles. The lowest BCUT2D eigenvalue weighted by Crippen LogP contribution is -2.14. The number of rotatable bonds is 5. The van der Waals surface area contributed by atoms with E-state index >= 15 is 0 Å². The molecule has 0 aromatic rings. The molecular formula is C10H20O. The third-order valence-electron chi connectivity index (χ3n) is 2.79. The van der Waals surface area contributed by atoms with Gasteiger partial charge in [0.25, 0.3) is 0 Å². The van der Waals surface area contributed by atoms with Crippen LogP contribution in [0.4, 0.5) is 0 Å². The fourth-order valence-electron chi connectivity index (χ4n) is 1.08. The Hall–Kier alpha value is -0.330. The topological polar surface area (TPSA) is 17.1 Å². The molecule has 1 heteroatoms. The molecule has 0 saturated carbocycles. The van der Waals surface area contributed by atoms with Crippen molar-refractivity contribution in [2.45, 2.75) is 53.4 Å². The van der Waals surface area contributed by atoms with Crippen molar-refractivity contribution in [1.29, 1.82) is 0 Å². The van der Waals surface area contributed by atoms with Crippen LogP contribution in [0.2, 0.25) is 0 Å². The molecule has 0 aliphatic carbocycles. The third-order valence-corrected chi connectivity index (χ3v) is 2.79. The number of carbonyl (C=O) groups excluding carboxylic acids is 1. The molecule has 0 saturated heterocycles. The first-order chi connectivity index (χ1) is 5.04. The van der Waals surface area contributed by atoms with Gasteiger partial charge in [-0.05, 0) is 18.8 Å². The number of hydrogen-bond donors (Lipinski definition) is 0. The Morgan fingerprint density at radius 1 is 1.27 bits per heavy atom. The van der Waals surface area contributed by atoms with Crippen LogP contribution >= 0.6 is 0 Å². The van der Waals surface area contributed by atoms with Crippen LogP contribution in [0, 0.1) is 5.41 Å². The van der Waals surface area contributed by atoms with Crippen molar-refractivity contribution < 1.29 is 4.79 Å². The van der Waals surface area contributed by atoms with E-state index in [4.69, 9.17) is 0 Å². The molecule has 11 heavy (non-hydrogen) atoms. The van der Waals surface area contributed by atoms with Gasteiger partial charge in [-0.15, -0.1) is 0 Å². The number of carbonyl (C=O) groups is 1. The van der Waals surface area contributed by atoms with Crippen molar-refractivity contribution >= 4 is 5.78 Å². The van der Waals surface area contributed by atoms with Gasteiger partial charge in [0.05, 0.1) is 0 Å². The van der Waals surface area contributed by atoms with Gasteiger partial charge in [-0.2, -0.15) is 0 Å². The highest BCUT2D eigenvalue weighted by atomic mass is 16.1. The first-order valence-electron chi connectivity index (χ1n) is 4.53. The van der Waals surface area contributed by atoms with Crippen molar-refractivity contribution in [3.63, 3.8) is 0 Å². The van der Waals surface area contributed by atoms with Crippen LogP contribution in [0.5, 0.6) is 0 Å². The summed E-state index contributed by atoms with van der Waals surface area (Å²) in [6.45, 7) is 8.33. The first kappa shape index (κ1) is 10.7. The minimum atomic E-state index is 0.318. The first-order valence-corrected chi connectivity index (χ1v) is 4.53. The Morgan fingerprint density at radius 2 is 1.73 bits per heavy atom. The van der Waals surface area contributed by atoms with Crippen LogP contribution in [-0.4, -0.2) is 5.78 Å². The molecule has 0 amide bonds. The van der Waals surface area contributed by atoms with Gasteiger partial charge >= 0.3 is 0 Å². The lowest BCUT2D eigenvalue weighted by atomic mass is 9.80. The molecule has 0 unspecified atom stereocenters. The van der Waals surface area contributed by atoms with E-state index in [1.54, 1.807) is 6.92 Å². The maximum atomic E-state index is 10.7. The fraction of sp³-hybridized carbons (Fsp3) is 0.900. The Kier molecular flexibility index (Phi) is 4.39. The smallest absolute Gasteiger partial charge is 0.129 e. The van der Waals surface area contributed by atoms with Gasteiger partial charge < -0.3 is 4.79 Å². The maximum Gasteiger partial charge on any atom is 0.129 e. The van der Waals surface area contributed by atoms with Gasteiger partial charge in [0.1, 0.15) is 5.78 Å². The number of Topliss-reactive ketones (excluding diaryl/α,β-unsaturated/α-hetero) is 1. The quantitative estimate of drug-likeness (QED) is 0.597. The van der Waals surface area contributed by atoms with E-state index < -0.39 is 0 Å². The molecule has 0 rings (SSSR count). The lowest BCUT2D eigenvalue weighted by Gasteiger charge is -2.25. The van der Waals surface area contributed by atoms with E-state index in [-0.39, 0.29) is 0 Å². The van der Waals surface area contributed by atoms with E-state index in [1.807, 2.05) is 0 Å². The molecule has 0 aliphatic rings. The average Bonchev–Trinajstić information content (AvgIpc) is 2.00. The van der Waals surface area contributed by atoms with Crippen LogP contribution in [-0.2, 0) is 4.79 Å². The molecule has 0 radical (unpaired) electrons. The van der Waals surface area contributed by atoms with Crippen molar-refractivity contribution in [1.82, 2.24) is 0 Å². The maximum absolute atomic E-state index is 10.7. The highest BCUT2D eigenvalue weighted by Gasteiger charge is 2.19. The second-order valence-corrected chi connectivity index (χ2v) is 3.72. The zero-order valence-electron chi connectivity index (χ0n) is 8.24. The van der Waals surface area contributed by atoms with Crippen LogP contribution in [0.3, 0.4) is 0 Å². The van der Waals surface area contributed by atoms with Crippen LogP contribution < -0.4 is 0 Å². The van der Waals surface area contributed by atoms with E-state index in [0.29, 0.717) is 11.2 Å².